The molecule has 0 aromatic rings. The van der Waals surface area contributed by atoms with Gasteiger partial charge in [-0.1, -0.05) is 41.5 Å². The van der Waals surface area contributed by atoms with E-state index in [4.69, 9.17) is 81.4 Å². The second-order valence-electron chi connectivity index (χ2n) is 27.4. The molecule has 1 N–H and O–H groups in total. The van der Waals surface area contributed by atoms with Gasteiger partial charge in [-0.3, -0.25) is 28.8 Å². The van der Waals surface area contributed by atoms with Gasteiger partial charge >= 0.3 is 29.8 Å². The molecule has 4 unspecified atom stereocenters. The van der Waals surface area contributed by atoms with Crippen LogP contribution in [0.3, 0.4) is 0 Å². The third-order valence-electron chi connectivity index (χ3n) is 21.9. The van der Waals surface area contributed by atoms with Gasteiger partial charge < -0.3 is 57.4 Å². The van der Waals surface area contributed by atoms with Gasteiger partial charge in [0.15, 0.2) is 41.8 Å². The summed E-state index contributed by atoms with van der Waals surface area (Å²) in [6, 6.07) is 0. The van der Waals surface area contributed by atoms with Crippen LogP contribution in [0.25, 0.3) is 0 Å². The first-order chi connectivity index (χ1) is 40.0. The molecule has 12 heterocycles. The van der Waals surface area contributed by atoms with Gasteiger partial charge in [0.2, 0.25) is 42.1 Å². The molecule has 3 aliphatic carbocycles. The fourth-order valence-corrected chi connectivity index (χ4v) is 17.2. The van der Waals surface area contributed by atoms with Gasteiger partial charge in [0.05, 0.1) is 38.6 Å². The minimum atomic E-state index is -1.26. The molecule has 0 aromatic carbocycles. The van der Waals surface area contributed by atoms with Crippen LogP contribution in [0, 0.1) is 71.0 Å². The topological polar surface area (TPSA) is 271 Å². The van der Waals surface area contributed by atoms with Crippen LogP contribution in [0.2, 0.25) is 0 Å². The van der Waals surface area contributed by atoms with E-state index in [9.17, 15) is 28.8 Å². The van der Waals surface area contributed by atoms with Crippen molar-refractivity contribution in [3.05, 3.63) is 0 Å². The summed E-state index contributed by atoms with van der Waals surface area (Å²) in [5, 5.41) is 2.66. The molecule has 24 nitrogen and oxygen atoms in total. The lowest BCUT2D eigenvalue weighted by atomic mass is 9.58. The lowest BCUT2D eigenvalue weighted by Gasteiger charge is -2.59. The molecule has 470 valence electrons. The smallest absolute Gasteiger partial charge is 0.308 e. The van der Waals surface area contributed by atoms with Gasteiger partial charge in [-0.2, -0.15) is 0 Å². The average molecular weight is 1190 g/mol. The number of carbonyl (C=O) groups excluding carboxylic acids is 6. The van der Waals surface area contributed by atoms with Crippen molar-refractivity contribution in [2.45, 2.75) is 256 Å². The molecule has 24 heteroatoms. The summed E-state index contributed by atoms with van der Waals surface area (Å²) in [7, 11) is 0. The van der Waals surface area contributed by atoms with Crippen molar-refractivity contribution in [2.75, 3.05) is 13.2 Å². The Bertz CT molecular complexity index is 2410. The molecule has 15 fully saturated rings. The Morgan fingerprint density at radius 1 is 0.429 bits per heavy atom. The normalized spacial score (nSPS) is 47.8. The second kappa shape index (κ2) is 23.1. The number of nitrogens with one attached hydrogen (secondary N) is 1. The Morgan fingerprint density at radius 2 is 0.774 bits per heavy atom. The van der Waals surface area contributed by atoms with Crippen molar-refractivity contribution in [1.82, 2.24) is 5.32 Å². The molecule has 12 aliphatic heterocycles. The Labute approximate surface area is 489 Å². The molecule has 25 atom stereocenters. The predicted molar refractivity (Wildman–Crippen MR) is 280 cm³/mol. The molecule has 0 radical (unpaired) electrons. The maximum atomic E-state index is 13.5. The van der Waals surface area contributed by atoms with Crippen molar-refractivity contribution in [1.29, 1.82) is 0 Å². The zero-order valence-electron chi connectivity index (χ0n) is 50.0. The van der Waals surface area contributed by atoms with Gasteiger partial charge in [-0.05, 0) is 114 Å². The summed E-state index contributed by atoms with van der Waals surface area (Å²) in [5.74, 6) is -7.15. The third-order valence-corrected chi connectivity index (χ3v) is 21.9. The van der Waals surface area contributed by atoms with E-state index < -0.39 is 133 Å². The number of hydrogen-bond donors (Lipinski definition) is 1. The van der Waals surface area contributed by atoms with E-state index >= 15 is 0 Å². The highest BCUT2D eigenvalue weighted by molar-refractivity contribution is 5.81. The quantitative estimate of drug-likeness (QED) is 0.0860. The minimum absolute atomic E-state index is 0.0819. The first-order valence-corrected chi connectivity index (χ1v) is 31.3. The van der Waals surface area contributed by atoms with Gasteiger partial charge in [0, 0.05) is 61.2 Å². The van der Waals surface area contributed by atoms with Crippen LogP contribution in [-0.4, -0.2) is 127 Å². The Balaban J connectivity index is 0.644. The van der Waals surface area contributed by atoms with E-state index in [-0.39, 0.29) is 85.5 Å². The standard InChI is InChI=1S/C60H87NO23/c1-30-10-13-40-33(4)49(73-52-58(40)37(30)22-25-55(7,76-52)79-82-58)70-46(65)17-16-43(62)61-28-36(69-45(64)20-21-48(67)72-51-35(6)42-15-12-32(3)39-24-27-57(9)78-54(75-51)60(39,42)84-81-57)29-68-44(63)18-19-47(66)71-50-34(5)41-14-11-31(2)38-23-26-56(8)77-53(74-50)59(38,41)83-80-56/h30-42,49-54H,10-29H2,1-9H3,(H,61,62)/t30-,31-,32-,33-,34-,35-,36?,37+,38+,39+,40+,41+,42+,49-,50-,51-,52-,53-,54-,55?,56?,57?,58-,59-,60-/m1/s1. The van der Waals surface area contributed by atoms with Crippen LogP contribution in [0.5, 0.6) is 0 Å². The third kappa shape index (κ3) is 10.8. The predicted octanol–water partition coefficient (Wildman–Crippen LogP) is 7.15. The number of carbonyl (C=O) groups is 6. The Hall–Kier alpha value is -3.66. The molecular weight excluding hydrogens is 1100 g/mol. The molecule has 15 aliphatic rings. The number of amides is 1. The number of hydrogen-bond acceptors (Lipinski definition) is 23. The largest absolute Gasteiger partial charge is 0.462 e. The van der Waals surface area contributed by atoms with E-state index in [1.54, 1.807) is 6.92 Å². The number of fused-ring (bicyclic) bond motifs is 6. The second-order valence-corrected chi connectivity index (χ2v) is 27.4. The maximum absolute atomic E-state index is 13.5. The maximum Gasteiger partial charge on any atom is 0.308 e. The molecule has 84 heavy (non-hydrogen) atoms. The highest BCUT2D eigenvalue weighted by Gasteiger charge is 2.73. The van der Waals surface area contributed by atoms with E-state index in [0.717, 1.165) is 57.8 Å². The summed E-state index contributed by atoms with van der Waals surface area (Å²) in [4.78, 5) is 117. The SMILES string of the molecule is C[C@H]1[C@H](OC(=O)CCC(=O)NCC(COC(=O)CCC(=O)O[C@@H]2O[C@@H]3OC4(C)CC[C@H]5[C@H](C)CC[C@@H]([C@H]2C)[C@@]35OO4)OC(=O)CCC(=O)O[C@@H]2O[C@@H]3OC4(C)CC[C@H]5[C@H](C)CC[C@@H]([C@H]2C)[C@@]35OO4)O[C@@H]2OC3(C)CC[C@H]4[C@H](C)CC[C@@H]1[C@@]24OO3. The zero-order valence-corrected chi connectivity index (χ0v) is 50.0. The van der Waals surface area contributed by atoms with Crippen molar-refractivity contribution in [3.8, 4) is 0 Å². The fraction of sp³-hybridized carbons (Fsp3) is 0.900. The highest BCUT2D eigenvalue weighted by Crippen LogP contribution is 2.64. The monoisotopic (exact) mass is 1190 g/mol. The van der Waals surface area contributed by atoms with E-state index in [2.05, 4.69) is 26.1 Å². The fourth-order valence-electron chi connectivity index (χ4n) is 17.2. The minimum Gasteiger partial charge on any atom is -0.462 e. The molecule has 0 aromatic heterocycles. The van der Waals surface area contributed by atoms with E-state index in [0.29, 0.717) is 37.0 Å². The lowest BCUT2D eigenvalue weighted by molar-refractivity contribution is -0.576. The summed E-state index contributed by atoms with van der Waals surface area (Å²) in [5.41, 5.74) is -2.56. The first kappa shape index (κ1) is 60.6. The molecule has 1 amide bonds. The molecule has 3 saturated carbocycles. The van der Waals surface area contributed by atoms with E-state index in [1.165, 1.54) is 0 Å². The van der Waals surface area contributed by atoms with Crippen molar-refractivity contribution >= 4 is 35.8 Å². The molecule has 3 spiro atoms. The molecule has 12 saturated heterocycles. The average Bonchev–Trinajstić information content (AvgIpc) is 1.38. The van der Waals surface area contributed by atoms with Gasteiger partial charge in [0.1, 0.15) is 6.61 Å². The van der Waals surface area contributed by atoms with Gasteiger partial charge in [0.25, 0.3) is 0 Å². The lowest BCUT2D eigenvalue weighted by Crippen LogP contribution is -2.70. The van der Waals surface area contributed by atoms with Crippen LogP contribution in [0.4, 0.5) is 0 Å². The van der Waals surface area contributed by atoms with Crippen molar-refractivity contribution < 1.29 is 110 Å². The van der Waals surface area contributed by atoms with Crippen molar-refractivity contribution in [3.63, 3.8) is 0 Å². The van der Waals surface area contributed by atoms with Crippen LogP contribution in [-0.2, 0) is 110 Å². The van der Waals surface area contributed by atoms with Crippen LogP contribution in [0.15, 0.2) is 0 Å². The van der Waals surface area contributed by atoms with Gasteiger partial charge in [-0.25, -0.2) is 29.3 Å². The summed E-state index contributed by atoms with van der Waals surface area (Å²) in [6.07, 6.45) is 0.762. The summed E-state index contributed by atoms with van der Waals surface area (Å²) in [6.45, 7) is 17.0. The molecule has 6 bridgehead atoms. The van der Waals surface area contributed by atoms with E-state index in [1.807, 2.05) is 34.6 Å². The Morgan fingerprint density at radius 3 is 1.15 bits per heavy atom. The summed E-state index contributed by atoms with van der Waals surface area (Å²) < 4.78 is 67.3. The van der Waals surface area contributed by atoms with Crippen molar-refractivity contribution in [2.24, 2.45) is 71.0 Å². The highest BCUT2D eigenvalue weighted by atomic mass is 17.3. The Kier molecular flexibility index (Phi) is 16.6. The number of esters is 5. The summed E-state index contributed by atoms with van der Waals surface area (Å²) >= 11 is 0. The van der Waals surface area contributed by atoms with Crippen LogP contribution in [0.1, 0.15) is 178 Å². The molecule has 15 rings (SSSR count). The van der Waals surface area contributed by atoms with Crippen LogP contribution >= 0.6 is 0 Å². The van der Waals surface area contributed by atoms with Crippen LogP contribution < -0.4 is 5.32 Å². The molecular formula is C60H87NO23. The number of ether oxygens (including phenoxy) is 11. The number of rotatable bonds is 17. The van der Waals surface area contributed by atoms with Gasteiger partial charge in [-0.15, -0.1) is 0 Å². The first-order valence-electron chi connectivity index (χ1n) is 31.3. The zero-order chi connectivity index (χ0) is 59.3.